The van der Waals surface area contributed by atoms with E-state index in [2.05, 4.69) is 15.6 Å². The summed E-state index contributed by atoms with van der Waals surface area (Å²) in [4.78, 5) is 16.6. The summed E-state index contributed by atoms with van der Waals surface area (Å²) in [5.41, 5.74) is 1.91. The summed E-state index contributed by atoms with van der Waals surface area (Å²) in [5, 5.41) is 6.35. The van der Waals surface area contributed by atoms with Crippen LogP contribution in [0.5, 0.6) is 0 Å². The summed E-state index contributed by atoms with van der Waals surface area (Å²) in [6.45, 7) is 0.475. The highest BCUT2D eigenvalue weighted by molar-refractivity contribution is 6.33. The van der Waals surface area contributed by atoms with Crippen LogP contribution in [0.4, 0.5) is 15.9 Å². The van der Waals surface area contributed by atoms with E-state index >= 15 is 0 Å². The summed E-state index contributed by atoms with van der Waals surface area (Å²) in [5.74, 6) is -0.00316. The molecule has 0 fully saturated rings. The lowest BCUT2D eigenvalue weighted by Crippen LogP contribution is -2.13. The van der Waals surface area contributed by atoms with E-state index in [1.807, 2.05) is 0 Å². The largest absolute Gasteiger partial charge is 0.366 e. The highest BCUT2D eigenvalue weighted by atomic mass is 35.5. The zero-order valence-electron chi connectivity index (χ0n) is 13.2. The van der Waals surface area contributed by atoms with Crippen molar-refractivity contribution in [2.45, 2.75) is 6.54 Å². The Morgan fingerprint density at radius 1 is 1.08 bits per heavy atom. The number of hydrogen-bond donors (Lipinski definition) is 2. The Hall–Kier alpha value is -2.92. The standard InChI is InChI=1S/C19H15ClFN3O/c20-16-3-1-2-4-17(16)24-19(25)14-9-10-22-18(11-14)23-12-13-5-7-15(21)8-6-13/h1-11H,12H2,(H,22,23)(H,24,25). The molecule has 0 unspecified atom stereocenters. The Morgan fingerprint density at radius 3 is 2.60 bits per heavy atom. The molecule has 0 aliphatic heterocycles. The van der Waals surface area contributed by atoms with Crippen LogP contribution < -0.4 is 10.6 Å². The summed E-state index contributed by atoms with van der Waals surface area (Å²) in [6, 6.07) is 16.5. The third-order valence-electron chi connectivity index (χ3n) is 3.53. The van der Waals surface area contributed by atoms with E-state index < -0.39 is 0 Å². The molecule has 1 aromatic heterocycles. The minimum absolute atomic E-state index is 0.277. The van der Waals surface area contributed by atoms with Crippen molar-refractivity contribution < 1.29 is 9.18 Å². The van der Waals surface area contributed by atoms with E-state index in [0.29, 0.717) is 28.6 Å². The Morgan fingerprint density at radius 2 is 1.84 bits per heavy atom. The number of rotatable bonds is 5. The zero-order valence-corrected chi connectivity index (χ0v) is 13.9. The van der Waals surface area contributed by atoms with Crippen LogP contribution in [0.1, 0.15) is 15.9 Å². The fourth-order valence-electron chi connectivity index (χ4n) is 2.22. The smallest absolute Gasteiger partial charge is 0.255 e. The molecule has 0 saturated carbocycles. The number of anilines is 2. The molecule has 2 aromatic carbocycles. The van der Waals surface area contributed by atoms with E-state index in [0.717, 1.165) is 5.56 Å². The van der Waals surface area contributed by atoms with Crippen molar-refractivity contribution in [3.05, 3.63) is 88.8 Å². The van der Waals surface area contributed by atoms with Crippen LogP contribution in [0, 0.1) is 5.82 Å². The second-order valence-electron chi connectivity index (χ2n) is 5.34. The van der Waals surface area contributed by atoms with E-state index in [1.54, 1.807) is 54.7 Å². The molecule has 3 aromatic rings. The van der Waals surface area contributed by atoms with Gasteiger partial charge in [-0.15, -0.1) is 0 Å². The number of amides is 1. The van der Waals surface area contributed by atoms with Gasteiger partial charge >= 0.3 is 0 Å². The molecule has 0 bridgehead atoms. The lowest BCUT2D eigenvalue weighted by Gasteiger charge is -2.09. The highest BCUT2D eigenvalue weighted by Crippen LogP contribution is 2.21. The van der Waals surface area contributed by atoms with Crippen LogP contribution >= 0.6 is 11.6 Å². The molecule has 25 heavy (non-hydrogen) atoms. The molecule has 1 amide bonds. The van der Waals surface area contributed by atoms with Crippen LogP contribution in [0.15, 0.2) is 66.9 Å². The molecule has 0 aliphatic rings. The van der Waals surface area contributed by atoms with Gasteiger partial charge in [-0.1, -0.05) is 35.9 Å². The first kappa shape index (κ1) is 16.9. The molecule has 0 spiro atoms. The molecule has 1 heterocycles. The van der Waals surface area contributed by atoms with Crippen molar-refractivity contribution in [3.63, 3.8) is 0 Å². The van der Waals surface area contributed by atoms with Crippen molar-refractivity contribution in [1.29, 1.82) is 0 Å². The van der Waals surface area contributed by atoms with Crippen molar-refractivity contribution in [3.8, 4) is 0 Å². The minimum Gasteiger partial charge on any atom is -0.366 e. The van der Waals surface area contributed by atoms with Gasteiger partial charge in [-0.2, -0.15) is 0 Å². The number of carbonyl (C=O) groups excluding carboxylic acids is 1. The van der Waals surface area contributed by atoms with Crippen molar-refractivity contribution in [2.75, 3.05) is 10.6 Å². The summed E-state index contributed by atoms with van der Waals surface area (Å²) in [6.07, 6.45) is 1.55. The minimum atomic E-state index is -0.278. The van der Waals surface area contributed by atoms with Gasteiger partial charge in [0, 0.05) is 18.3 Å². The number of halogens is 2. The van der Waals surface area contributed by atoms with Gasteiger partial charge in [0.2, 0.25) is 0 Å². The average molecular weight is 356 g/mol. The van der Waals surface area contributed by atoms with Crippen molar-refractivity contribution >= 4 is 29.0 Å². The second-order valence-corrected chi connectivity index (χ2v) is 5.75. The number of benzene rings is 2. The molecule has 126 valence electrons. The van der Waals surface area contributed by atoms with Crippen molar-refractivity contribution in [2.24, 2.45) is 0 Å². The summed E-state index contributed by atoms with van der Waals surface area (Å²) < 4.78 is 12.9. The molecule has 6 heteroatoms. The monoisotopic (exact) mass is 355 g/mol. The number of aromatic nitrogens is 1. The molecular formula is C19H15ClFN3O. The lowest BCUT2D eigenvalue weighted by atomic mass is 10.2. The van der Waals surface area contributed by atoms with Gasteiger partial charge in [-0.25, -0.2) is 9.37 Å². The molecular weight excluding hydrogens is 341 g/mol. The normalized spacial score (nSPS) is 10.3. The Kier molecular flexibility index (Phi) is 5.26. The second kappa shape index (κ2) is 7.77. The predicted octanol–water partition coefficient (Wildman–Crippen LogP) is 4.74. The van der Waals surface area contributed by atoms with Crippen LogP contribution in [0.25, 0.3) is 0 Å². The number of pyridine rings is 1. The topological polar surface area (TPSA) is 54.0 Å². The quantitative estimate of drug-likeness (QED) is 0.695. The predicted molar refractivity (Wildman–Crippen MR) is 97.4 cm³/mol. The van der Waals surface area contributed by atoms with E-state index in [9.17, 15) is 9.18 Å². The molecule has 0 saturated heterocycles. The first-order valence-corrected chi connectivity index (χ1v) is 8.00. The maximum atomic E-state index is 12.9. The Balaban J connectivity index is 1.67. The maximum absolute atomic E-state index is 12.9. The third kappa shape index (κ3) is 4.55. The van der Waals surface area contributed by atoms with Crippen LogP contribution in [-0.2, 0) is 6.54 Å². The Labute approximate surface area is 149 Å². The summed E-state index contributed by atoms with van der Waals surface area (Å²) in [7, 11) is 0. The van der Waals surface area contributed by atoms with Gasteiger partial charge in [0.15, 0.2) is 0 Å². The number of carbonyl (C=O) groups is 1. The molecule has 0 radical (unpaired) electrons. The van der Waals surface area contributed by atoms with Gasteiger partial charge in [0.25, 0.3) is 5.91 Å². The molecule has 0 atom stereocenters. The summed E-state index contributed by atoms with van der Waals surface area (Å²) >= 11 is 6.05. The van der Waals surface area contributed by atoms with Gasteiger partial charge < -0.3 is 10.6 Å². The molecule has 2 N–H and O–H groups in total. The molecule has 0 aliphatic carbocycles. The van der Waals surface area contributed by atoms with E-state index in [4.69, 9.17) is 11.6 Å². The lowest BCUT2D eigenvalue weighted by molar-refractivity contribution is 0.102. The van der Waals surface area contributed by atoms with Gasteiger partial charge in [-0.05, 0) is 42.0 Å². The number of nitrogens with one attached hydrogen (secondary N) is 2. The van der Waals surface area contributed by atoms with Crippen LogP contribution in [0.3, 0.4) is 0 Å². The van der Waals surface area contributed by atoms with Crippen LogP contribution in [0.2, 0.25) is 5.02 Å². The Bertz CT molecular complexity index is 884. The fourth-order valence-corrected chi connectivity index (χ4v) is 2.40. The zero-order chi connectivity index (χ0) is 17.6. The van der Waals surface area contributed by atoms with Crippen LogP contribution in [-0.4, -0.2) is 10.9 Å². The molecule has 3 rings (SSSR count). The van der Waals surface area contributed by atoms with Gasteiger partial charge in [0.05, 0.1) is 10.7 Å². The maximum Gasteiger partial charge on any atom is 0.255 e. The van der Waals surface area contributed by atoms with Crippen molar-refractivity contribution in [1.82, 2.24) is 4.98 Å². The molecule has 4 nitrogen and oxygen atoms in total. The first-order valence-electron chi connectivity index (χ1n) is 7.62. The van der Waals surface area contributed by atoms with Gasteiger partial charge in [-0.3, -0.25) is 4.79 Å². The SMILES string of the molecule is O=C(Nc1ccccc1Cl)c1ccnc(NCc2ccc(F)cc2)c1. The third-order valence-corrected chi connectivity index (χ3v) is 3.86. The number of para-hydroxylation sites is 1. The fraction of sp³-hybridized carbons (Fsp3) is 0.0526. The van der Waals surface area contributed by atoms with E-state index in [1.165, 1.54) is 12.1 Å². The van der Waals surface area contributed by atoms with Gasteiger partial charge in [0.1, 0.15) is 11.6 Å². The van der Waals surface area contributed by atoms with E-state index in [-0.39, 0.29) is 11.7 Å². The average Bonchev–Trinajstić information content (AvgIpc) is 2.63. The number of nitrogens with zero attached hydrogens (tertiary/aromatic N) is 1. The first-order chi connectivity index (χ1) is 12.1. The highest BCUT2D eigenvalue weighted by Gasteiger charge is 2.09. The number of hydrogen-bond acceptors (Lipinski definition) is 3.